The van der Waals surface area contributed by atoms with Gasteiger partial charge in [-0.1, -0.05) is 0 Å². The number of aliphatic hydroxyl groups excluding tert-OH is 1. The molecule has 17 heavy (non-hydrogen) atoms. The molecular weight excluding hydrogens is 214 g/mol. The SMILES string of the molecule is CC(O)N1CCN2CCN(C(C)(C)C)CC2C1. The van der Waals surface area contributed by atoms with Gasteiger partial charge in [-0.2, -0.15) is 0 Å². The van der Waals surface area contributed by atoms with E-state index < -0.39 is 0 Å². The molecule has 0 aromatic heterocycles. The van der Waals surface area contributed by atoms with E-state index in [0.29, 0.717) is 6.04 Å². The molecule has 0 aliphatic carbocycles. The summed E-state index contributed by atoms with van der Waals surface area (Å²) in [5, 5.41) is 9.69. The molecule has 4 nitrogen and oxygen atoms in total. The minimum Gasteiger partial charge on any atom is -0.379 e. The number of fused-ring (bicyclic) bond motifs is 1. The summed E-state index contributed by atoms with van der Waals surface area (Å²) in [6, 6.07) is 0.589. The van der Waals surface area contributed by atoms with E-state index >= 15 is 0 Å². The van der Waals surface area contributed by atoms with Crippen LogP contribution < -0.4 is 0 Å². The van der Waals surface area contributed by atoms with E-state index in [9.17, 15) is 5.11 Å². The van der Waals surface area contributed by atoms with Crippen molar-refractivity contribution in [3.8, 4) is 0 Å². The Labute approximate surface area is 105 Å². The van der Waals surface area contributed by atoms with Gasteiger partial charge in [0.2, 0.25) is 0 Å². The molecule has 4 heteroatoms. The lowest BCUT2D eigenvalue weighted by Crippen LogP contribution is -2.65. The van der Waals surface area contributed by atoms with Crippen LogP contribution >= 0.6 is 0 Å². The fraction of sp³-hybridized carbons (Fsp3) is 1.00. The van der Waals surface area contributed by atoms with Crippen LogP contribution in [0.5, 0.6) is 0 Å². The van der Waals surface area contributed by atoms with E-state index in [1.165, 1.54) is 13.1 Å². The molecule has 0 aromatic rings. The number of nitrogens with zero attached hydrogens (tertiary/aromatic N) is 3. The molecule has 2 fully saturated rings. The van der Waals surface area contributed by atoms with E-state index in [-0.39, 0.29) is 11.8 Å². The van der Waals surface area contributed by atoms with Crippen molar-refractivity contribution in [2.45, 2.75) is 45.5 Å². The van der Waals surface area contributed by atoms with Crippen LogP contribution in [0.3, 0.4) is 0 Å². The molecule has 2 aliphatic rings. The number of piperazine rings is 2. The first-order valence-electron chi connectivity index (χ1n) is 6.79. The first-order chi connectivity index (χ1) is 7.88. The maximum Gasteiger partial charge on any atom is 0.104 e. The van der Waals surface area contributed by atoms with E-state index in [2.05, 4.69) is 35.5 Å². The van der Waals surface area contributed by atoms with Crippen LogP contribution in [0.25, 0.3) is 0 Å². The lowest BCUT2D eigenvalue weighted by atomic mass is 10.0. The number of hydrogen-bond donors (Lipinski definition) is 1. The fourth-order valence-corrected chi connectivity index (χ4v) is 2.93. The number of aliphatic hydroxyl groups is 1. The highest BCUT2D eigenvalue weighted by Crippen LogP contribution is 2.22. The average Bonchev–Trinajstić information content (AvgIpc) is 2.26. The van der Waals surface area contributed by atoms with E-state index in [1.807, 2.05) is 6.92 Å². The summed E-state index contributed by atoms with van der Waals surface area (Å²) in [6.07, 6.45) is -0.304. The Kier molecular flexibility index (Phi) is 3.78. The van der Waals surface area contributed by atoms with Gasteiger partial charge in [-0.05, 0) is 27.7 Å². The Bertz CT molecular complexity index is 262. The Morgan fingerprint density at radius 3 is 2.29 bits per heavy atom. The summed E-state index contributed by atoms with van der Waals surface area (Å²) in [7, 11) is 0. The molecule has 0 saturated carbocycles. The predicted molar refractivity (Wildman–Crippen MR) is 69.9 cm³/mol. The normalized spacial score (nSPS) is 31.2. The van der Waals surface area contributed by atoms with Crippen LogP contribution in [0.2, 0.25) is 0 Å². The zero-order chi connectivity index (χ0) is 12.6. The number of rotatable bonds is 1. The van der Waals surface area contributed by atoms with Crippen molar-refractivity contribution in [1.29, 1.82) is 0 Å². The lowest BCUT2D eigenvalue weighted by molar-refractivity contribution is -0.0667. The lowest BCUT2D eigenvalue weighted by Gasteiger charge is -2.51. The van der Waals surface area contributed by atoms with Gasteiger partial charge in [0.1, 0.15) is 6.23 Å². The van der Waals surface area contributed by atoms with Crippen LogP contribution in [0, 0.1) is 0 Å². The summed E-state index contributed by atoms with van der Waals surface area (Å²) >= 11 is 0. The molecule has 0 radical (unpaired) electrons. The van der Waals surface area contributed by atoms with E-state index in [0.717, 1.165) is 26.2 Å². The molecule has 1 N–H and O–H groups in total. The standard InChI is InChI=1S/C13H27N3O/c1-11(17)15-6-5-14-7-8-16(13(2,3)4)10-12(14)9-15/h11-12,17H,5-10H2,1-4H3. The molecule has 2 saturated heterocycles. The molecule has 2 heterocycles. The van der Waals surface area contributed by atoms with Crippen molar-refractivity contribution < 1.29 is 5.11 Å². The van der Waals surface area contributed by atoms with Crippen molar-refractivity contribution in [1.82, 2.24) is 14.7 Å². The molecule has 0 aromatic carbocycles. The third kappa shape index (κ3) is 2.99. The van der Waals surface area contributed by atoms with Crippen LogP contribution in [0.15, 0.2) is 0 Å². The van der Waals surface area contributed by atoms with Gasteiger partial charge in [0.05, 0.1) is 0 Å². The quantitative estimate of drug-likeness (QED) is 0.721. The second-order valence-corrected chi connectivity index (χ2v) is 6.43. The van der Waals surface area contributed by atoms with Gasteiger partial charge < -0.3 is 5.11 Å². The fourth-order valence-electron chi connectivity index (χ4n) is 2.93. The third-order valence-electron chi connectivity index (χ3n) is 4.20. The van der Waals surface area contributed by atoms with Gasteiger partial charge >= 0.3 is 0 Å². The van der Waals surface area contributed by atoms with Crippen LogP contribution in [-0.4, -0.2) is 76.9 Å². The van der Waals surface area contributed by atoms with Crippen molar-refractivity contribution in [2.75, 3.05) is 39.3 Å². The van der Waals surface area contributed by atoms with Crippen molar-refractivity contribution in [3.05, 3.63) is 0 Å². The van der Waals surface area contributed by atoms with Crippen LogP contribution in [0.4, 0.5) is 0 Å². The molecule has 0 amide bonds. The van der Waals surface area contributed by atoms with E-state index in [1.54, 1.807) is 0 Å². The Balaban J connectivity index is 1.97. The van der Waals surface area contributed by atoms with Gasteiger partial charge in [-0.25, -0.2) is 0 Å². The zero-order valence-corrected chi connectivity index (χ0v) is 11.7. The van der Waals surface area contributed by atoms with Gasteiger partial charge in [0.25, 0.3) is 0 Å². The largest absolute Gasteiger partial charge is 0.379 e. The molecule has 2 rings (SSSR count). The van der Waals surface area contributed by atoms with Gasteiger partial charge in [0.15, 0.2) is 0 Å². The molecule has 100 valence electrons. The maximum atomic E-state index is 9.69. The average molecular weight is 241 g/mol. The van der Waals surface area contributed by atoms with Crippen LogP contribution in [-0.2, 0) is 0 Å². The van der Waals surface area contributed by atoms with Gasteiger partial charge in [-0.15, -0.1) is 0 Å². The first kappa shape index (κ1) is 13.3. The third-order valence-corrected chi connectivity index (χ3v) is 4.20. The molecule has 0 bridgehead atoms. The maximum absolute atomic E-state index is 9.69. The second-order valence-electron chi connectivity index (χ2n) is 6.43. The van der Waals surface area contributed by atoms with Crippen molar-refractivity contribution >= 4 is 0 Å². The predicted octanol–water partition coefficient (Wildman–Crippen LogP) is 0.425. The highest BCUT2D eigenvalue weighted by atomic mass is 16.3. The highest BCUT2D eigenvalue weighted by molar-refractivity contribution is 4.92. The second kappa shape index (κ2) is 4.84. The zero-order valence-electron chi connectivity index (χ0n) is 11.7. The monoisotopic (exact) mass is 241 g/mol. The summed E-state index contributed by atoms with van der Waals surface area (Å²) in [6.45, 7) is 15.3. The summed E-state index contributed by atoms with van der Waals surface area (Å²) in [5.74, 6) is 0. The number of hydrogen-bond acceptors (Lipinski definition) is 4. The van der Waals surface area contributed by atoms with E-state index in [4.69, 9.17) is 0 Å². The molecule has 2 atom stereocenters. The highest BCUT2D eigenvalue weighted by Gasteiger charge is 2.36. The molecule has 2 unspecified atom stereocenters. The first-order valence-corrected chi connectivity index (χ1v) is 6.79. The molecular formula is C13H27N3O. The topological polar surface area (TPSA) is 30.0 Å². The van der Waals surface area contributed by atoms with Crippen molar-refractivity contribution in [2.24, 2.45) is 0 Å². The summed E-state index contributed by atoms with van der Waals surface area (Å²) in [5.41, 5.74) is 0.263. The van der Waals surface area contributed by atoms with Gasteiger partial charge in [0, 0.05) is 50.8 Å². The van der Waals surface area contributed by atoms with Gasteiger partial charge in [-0.3, -0.25) is 14.7 Å². The minimum atomic E-state index is -0.304. The molecule has 2 aliphatic heterocycles. The molecule has 0 spiro atoms. The Hall–Kier alpha value is -0.160. The van der Waals surface area contributed by atoms with Crippen molar-refractivity contribution in [3.63, 3.8) is 0 Å². The summed E-state index contributed by atoms with van der Waals surface area (Å²) < 4.78 is 0. The summed E-state index contributed by atoms with van der Waals surface area (Å²) in [4.78, 5) is 7.34. The Morgan fingerprint density at radius 1 is 1.06 bits per heavy atom. The smallest absolute Gasteiger partial charge is 0.104 e. The minimum absolute atomic E-state index is 0.263. The Morgan fingerprint density at radius 2 is 1.71 bits per heavy atom. The van der Waals surface area contributed by atoms with Crippen LogP contribution in [0.1, 0.15) is 27.7 Å².